The van der Waals surface area contributed by atoms with Gasteiger partial charge in [0.25, 0.3) is 0 Å². The lowest BCUT2D eigenvalue weighted by Crippen LogP contribution is -2.47. The van der Waals surface area contributed by atoms with Crippen LogP contribution in [-0.2, 0) is 0 Å². The molecule has 0 amide bonds. The first kappa shape index (κ1) is 32.0. The quantitative estimate of drug-likeness (QED) is 0.164. The van der Waals surface area contributed by atoms with E-state index >= 15 is 0 Å². The predicted molar refractivity (Wildman–Crippen MR) is 197 cm³/mol. The van der Waals surface area contributed by atoms with Crippen LogP contribution in [0.25, 0.3) is 27.7 Å². The van der Waals surface area contributed by atoms with E-state index in [-0.39, 0.29) is 11.0 Å². The van der Waals surface area contributed by atoms with Gasteiger partial charge in [-0.05, 0) is 77.6 Å². The number of aromatic amines is 1. The van der Waals surface area contributed by atoms with Crippen molar-refractivity contribution >= 4 is 45.3 Å². The van der Waals surface area contributed by atoms with Crippen LogP contribution in [-0.4, -0.2) is 72.8 Å². The first-order valence-electron chi connectivity index (χ1n) is 16.7. The van der Waals surface area contributed by atoms with Gasteiger partial charge in [-0.3, -0.25) is 4.90 Å². The number of piperazine rings is 1. The Morgan fingerprint density at radius 2 is 1.88 bits per heavy atom. The highest BCUT2D eigenvalue weighted by Gasteiger charge is 2.30. The van der Waals surface area contributed by atoms with Gasteiger partial charge in [0, 0.05) is 86.3 Å². The van der Waals surface area contributed by atoms with E-state index < -0.39 is 5.97 Å². The number of nitrogens with zero attached hydrogens (tertiary/aromatic N) is 4. The molecule has 0 bridgehead atoms. The van der Waals surface area contributed by atoms with Crippen LogP contribution in [0.5, 0.6) is 11.5 Å². The summed E-state index contributed by atoms with van der Waals surface area (Å²) in [6.07, 6.45) is 6.87. The van der Waals surface area contributed by atoms with Crippen molar-refractivity contribution in [1.29, 1.82) is 0 Å². The maximum atomic E-state index is 12.1. The third kappa shape index (κ3) is 6.70. The molecule has 7 rings (SSSR count). The molecule has 1 saturated heterocycles. The first-order valence-corrected chi connectivity index (χ1v) is 17.5. The molecule has 248 valence electrons. The molecule has 0 radical (unpaired) electrons. The van der Waals surface area contributed by atoms with Crippen molar-refractivity contribution in [3.05, 3.63) is 94.5 Å². The van der Waals surface area contributed by atoms with E-state index in [4.69, 9.17) is 4.74 Å². The zero-order valence-corrected chi connectivity index (χ0v) is 28.9. The minimum atomic E-state index is -1.02. The summed E-state index contributed by atoms with van der Waals surface area (Å²) < 4.78 is 6.12. The standard InChI is InChI=1S/C39H43N5O3S/c1-39(2)13-11-27(33(22-39)36-20-28(25-48-36)31-7-5-6-8-34(31)42(3)4)24-43-15-17-44(18-16-43)29-9-10-32(38(45)46)35(21-29)47-30-19-26-12-14-40-37(26)41-23-30/h5-10,12,14,19-21,23,25H,11,13,15-18,22,24H2,1-4H3,(H,40,41)(H,45,46). The Kier molecular flexibility index (Phi) is 8.74. The van der Waals surface area contributed by atoms with E-state index in [0.717, 1.165) is 62.3 Å². The highest BCUT2D eigenvalue weighted by molar-refractivity contribution is 7.11. The molecule has 1 aliphatic carbocycles. The highest BCUT2D eigenvalue weighted by atomic mass is 32.1. The molecular formula is C39H43N5O3S. The normalized spacial score (nSPS) is 16.8. The van der Waals surface area contributed by atoms with Gasteiger partial charge in [-0.2, -0.15) is 0 Å². The maximum Gasteiger partial charge on any atom is 0.339 e. The molecule has 0 unspecified atom stereocenters. The van der Waals surface area contributed by atoms with Gasteiger partial charge in [-0.1, -0.05) is 37.6 Å². The maximum absolute atomic E-state index is 12.1. The molecule has 1 aliphatic heterocycles. The van der Waals surface area contributed by atoms with Gasteiger partial charge >= 0.3 is 5.97 Å². The molecule has 0 atom stereocenters. The average molecular weight is 662 g/mol. The van der Waals surface area contributed by atoms with Crippen molar-refractivity contribution < 1.29 is 14.6 Å². The lowest BCUT2D eigenvalue weighted by molar-refractivity contribution is 0.0694. The molecular weight excluding hydrogens is 619 g/mol. The summed E-state index contributed by atoms with van der Waals surface area (Å²) in [6.45, 7) is 9.40. The zero-order chi connectivity index (χ0) is 33.4. The van der Waals surface area contributed by atoms with Gasteiger partial charge in [0.1, 0.15) is 22.7 Å². The summed E-state index contributed by atoms with van der Waals surface area (Å²) in [5.41, 5.74) is 9.07. The number of carbonyl (C=O) groups is 1. The number of hydrogen-bond donors (Lipinski definition) is 2. The predicted octanol–water partition coefficient (Wildman–Crippen LogP) is 8.63. The number of aromatic nitrogens is 2. The second-order valence-corrected chi connectivity index (χ2v) is 14.9. The fourth-order valence-electron chi connectivity index (χ4n) is 7.02. The van der Waals surface area contributed by atoms with Crippen molar-refractivity contribution in [3.63, 3.8) is 0 Å². The fraction of sp³-hybridized carbons (Fsp3) is 0.333. The molecule has 0 saturated carbocycles. The number of aromatic carboxylic acids is 1. The van der Waals surface area contributed by atoms with Crippen molar-refractivity contribution in [2.75, 3.05) is 56.6 Å². The molecule has 1 fully saturated rings. The van der Waals surface area contributed by atoms with Crippen LogP contribution in [0.4, 0.5) is 11.4 Å². The van der Waals surface area contributed by atoms with Crippen LogP contribution < -0.4 is 14.5 Å². The van der Waals surface area contributed by atoms with E-state index in [0.29, 0.717) is 11.5 Å². The molecule has 8 nitrogen and oxygen atoms in total. The van der Waals surface area contributed by atoms with Gasteiger partial charge in [-0.25, -0.2) is 9.78 Å². The van der Waals surface area contributed by atoms with E-state index in [1.807, 2.05) is 41.8 Å². The smallest absolute Gasteiger partial charge is 0.339 e. The lowest BCUT2D eigenvalue weighted by Gasteiger charge is -2.39. The van der Waals surface area contributed by atoms with Gasteiger partial charge in [0.2, 0.25) is 0 Å². The molecule has 5 aromatic rings. The van der Waals surface area contributed by atoms with Crippen molar-refractivity contribution in [2.45, 2.75) is 33.1 Å². The molecule has 9 heteroatoms. The monoisotopic (exact) mass is 661 g/mol. The average Bonchev–Trinajstić information content (AvgIpc) is 3.76. The number of ether oxygens (including phenoxy) is 1. The zero-order valence-electron chi connectivity index (χ0n) is 28.1. The molecule has 2 aromatic carbocycles. The number of hydrogen-bond acceptors (Lipinski definition) is 7. The Morgan fingerprint density at radius 3 is 2.67 bits per heavy atom. The summed E-state index contributed by atoms with van der Waals surface area (Å²) in [7, 11) is 4.22. The molecule has 3 aromatic heterocycles. The number of anilines is 2. The summed E-state index contributed by atoms with van der Waals surface area (Å²) in [4.78, 5) is 28.0. The fourth-order valence-corrected chi connectivity index (χ4v) is 8.02. The van der Waals surface area contributed by atoms with Crippen LogP contribution in [0.2, 0.25) is 0 Å². The topological polar surface area (TPSA) is 84.9 Å². The Balaban J connectivity index is 1.07. The number of fused-ring (bicyclic) bond motifs is 1. The highest BCUT2D eigenvalue weighted by Crippen LogP contribution is 2.46. The number of H-pyrrole nitrogens is 1. The minimum Gasteiger partial charge on any atom is -0.478 e. The van der Waals surface area contributed by atoms with Crippen LogP contribution in [0.15, 0.2) is 84.0 Å². The second-order valence-electron chi connectivity index (χ2n) is 14.0. The Bertz CT molecular complexity index is 1980. The number of thiophene rings is 1. The number of para-hydroxylation sites is 1. The number of pyridine rings is 1. The summed E-state index contributed by atoms with van der Waals surface area (Å²) in [6, 6.07) is 20.2. The number of carboxylic acid groups (broad SMARTS) is 1. The third-order valence-electron chi connectivity index (χ3n) is 9.73. The summed E-state index contributed by atoms with van der Waals surface area (Å²) in [5, 5.41) is 13.1. The van der Waals surface area contributed by atoms with E-state index in [2.05, 4.69) is 88.3 Å². The number of benzene rings is 2. The van der Waals surface area contributed by atoms with Crippen molar-refractivity contribution in [1.82, 2.24) is 14.9 Å². The number of carboxylic acids is 1. The van der Waals surface area contributed by atoms with Crippen LogP contribution >= 0.6 is 11.3 Å². The van der Waals surface area contributed by atoms with Gasteiger partial charge in [0.05, 0.1) is 6.20 Å². The summed E-state index contributed by atoms with van der Waals surface area (Å²) >= 11 is 1.88. The SMILES string of the molecule is CN(C)c1ccccc1-c1csc(C2=C(CN3CCN(c4ccc(C(=O)O)c(Oc5cnc6[nH]ccc6c5)c4)CC3)CCC(C)(C)C2)c1. The Hall–Kier alpha value is -4.60. The lowest BCUT2D eigenvalue weighted by atomic mass is 9.73. The van der Waals surface area contributed by atoms with E-state index in [9.17, 15) is 9.90 Å². The summed E-state index contributed by atoms with van der Waals surface area (Å²) in [5.74, 6) is -0.190. The molecule has 0 spiro atoms. The van der Waals surface area contributed by atoms with Crippen LogP contribution in [0, 0.1) is 5.41 Å². The van der Waals surface area contributed by atoms with Gasteiger partial charge < -0.3 is 24.6 Å². The molecule has 2 aliphatic rings. The van der Waals surface area contributed by atoms with E-state index in [1.54, 1.807) is 17.8 Å². The van der Waals surface area contributed by atoms with Gasteiger partial charge in [-0.15, -0.1) is 11.3 Å². The third-order valence-corrected chi connectivity index (χ3v) is 10.7. The Morgan fingerprint density at radius 1 is 1.06 bits per heavy atom. The molecule has 4 heterocycles. The van der Waals surface area contributed by atoms with Crippen molar-refractivity contribution in [2.24, 2.45) is 5.41 Å². The van der Waals surface area contributed by atoms with E-state index in [1.165, 1.54) is 33.7 Å². The van der Waals surface area contributed by atoms with Gasteiger partial charge in [0.15, 0.2) is 0 Å². The van der Waals surface area contributed by atoms with Crippen LogP contribution in [0.1, 0.15) is 48.3 Å². The van der Waals surface area contributed by atoms with Crippen LogP contribution in [0.3, 0.4) is 0 Å². The Labute approximate surface area is 286 Å². The first-order chi connectivity index (χ1) is 23.1. The minimum absolute atomic E-state index is 0.133. The number of allylic oxidation sites excluding steroid dienone is 1. The molecule has 48 heavy (non-hydrogen) atoms. The number of rotatable bonds is 9. The number of nitrogens with one attached hydrogen (secondary N) is 1. The largest absolute Gasteiger partial charge is 0.478 e. The second kappa shape index (κ2) is 13.1. The molecule has 2 N–H and O–H groups in total. The van der Waals surface area contributed by atoms with Crippen molar-refractivity contribution in [3.8, 4) is 22.6 Å².